The van der Waals surface area contributed by atoms with Gasteiger partial charge in [0.05, 0.1) is 12.8 Å². The molecule has 0 aliphatic rings. The van der Waals surface area contributed by atoms with Crippen molar-refractivity contribution in [3.05, 3.63) is 65.2 Å². The van der Waals surface area contributed by atoms with Crippen molar-refractivity contribution in [2.24, 2.45) is 5.10 Å². The molecule has 0 saturated carbocycles. The van der Waals surface area contributed by atoms with E-state index in [0.29, 0.717) is 0 Å². The minimum Gasteiger partial charge on any atom is -0.376 e. The monoisotopic (exact) mass is 281 g/mol. The first-order valence-corrected chi connectivity index (χ1v) is 6.83. The third kappa shape index (κ3) is 4.76. The molecule has 0 bridgehead atoms. The van der Waals surface area contributed by atoms with Gasteiger partial charge in [-0.1, -0.05) is 48.0 Å². The fourth-order valence-corrected chi connectivity index (χ4v) is 1.92. The molecule has 2 aromatic rings. The number of amides is 1. The summed E-state index contributed by atoms with van der Waals surface area (Å²) in [6.07, 6.45) is 1.64. The number of rotatable bonds is 5. The Hall–Kier alpha value is -2.62. The van der Waals surface area contributed by atoms with Gasteiger partial charge in [-0.2, -0.15) is 5.10 Å². The van der Waals surface area contributed by atoms with Crippen molar-refractivity contribution in [3.63, 3.8) is 0 Å². The quantitative estimate of drug-likeness (QED) is 0.654. The lowest BCUT2D eigenvalue weighted by atomic mass is 10.2. The van der Waals surface area contributed by atoms with Crippen LogP contribution < -0.4 is 10.7 Å². The van der Waals surface area contributed by atoms with E-state index in [1.54, 1.807) is 6.21 Å². The van der Waals surface area contributed by atoms with Gasteiger partial charge >= 0.3 is 0 Å². The van der Waals surface area contributed by atoms with Crippen molar-refractivity contribution in [1.82, 2.24) is 5.43 Å². The zero-order valence-corrected chi connectivity index (χ0v) is 12.3. The molecule has 2 rings (SSSR count). The van der Waals surface area contributed by atoms with Crippen molar-refractivity contribution >= 4 is 17.8 Å². The maximum Gasteiger partial charge on any atom is 0.259 e. The Morgan fingerprint density at radius 2 is 1.95 bits per heavy atom. The first-order chi connectivity index (χ1) is 10.1. The number of para-hydroxylation sites is 1. The highest BCUT2D eigenvalue weighted by Crippen LogP contribution is 2.12. The molecule has 0 fully saturated rings. The molecule has 21 heavy (non-hydrogen) atoms. The number of benzene rings is 2. The molecular weight excluding hydrogens is 262 g/mol. The maximum atomic E-state index is 11.7. The zero-order valence-electron chi connectivity index (χ0n) is 12.3. The maximum absolute atomic E-state index is 11.7. The van der Waals surface area contributed by atoms with Gasteiger partial charge in [0, 0.05) is 5.69 Å². The zero-order chi connectivity index (χ0) is 15.1. The van der Waals surface area contributed by atoms with Gasteiger partial charge in [-0.05, 0) is 31.0 Å². The van der Waals surface area contributed by atoms with Gasteiger partial charge in [-0.15, -0.1) is 0 Å². The second-order valence-electron chi connectivity index (χ2n) is 4.88. The van der Waals surface area contributed by atoms with Crippen LogP contribution in [0.15, 0.2) is 53.6 Å². The van der Waals surface area contributed by atoms with Crippen molar-refractivity contribution in [1.29, 1.82) is 0 Å². The van der Waals surface area contributed by atoms with Gasteiger partial charge in [0.15, 0.2) is 0 Å². The van der Waals surface area contributed by atoms with Crippen LogP contribution in [0.5, 0.6) is 0 Å². The van der Waals surface area contributed by atoms with Crippen molar-refractivity contribution < 1.29 is 4.79 Å². The summed E-state index contributed by atoms with van der Waals surface area (Å²) in [5.41, 5.74) is 6.69. The summed E-state index contributed by atoms with van der Waals surface area (Å²) < 4.78 is 0. The normalized spacial score (nSPS) is 10.6. The van der Waals surface area contributed by atoms with Crippen LogP contribution >= 0.6 is 0 Å². The molecule has 0 spiro atoms. The van der Waals surface area contributed by atoms with Crippen LogP contribution in [0.1, 0.15) is 16.7 Å². The van der Waals surface area contributed by atoms with Crippen molar-refractivity contribution in [2.75, 3.05) is 11.9 Å². The summed E-state index contributed by atoms with van der Waals surface area (Å²) in [6, 6.07) is 15.8. The van der Waals surface area contributed by atoms with Crippen LogP contribution in [0, 0.1) is 13.8 Å². The lowest BCUT2D eigenvalue weighted by molar-refractivity contribution is -0.119. The first-order valence-electron chi connectivity index (χ1n) is 6.83. The summed E-state index contributed by atoms with van der Waals surface area (Å²) in [5.74, 6) is -0.179. The number of anilines is 1. The molecule has 0 unspecified atom stereocenters. The second kappa shape index (κ2) is 7.24. The molecule has 0 atom stereocenters. The SMILES string of the molecule is Cc1cccc(/C=N/NC(=O)CNc2ccccc2C)c1. The second-order valence-corrected chi connectivity index (χ2v) is 4.88. The van der Waals surface area contributed by atoms with Gasteiger partial charge in [0.1, 0.15) is 0 Å². The molecule has 0 radical (unpaired) electrons. The summed E-state index contributed by atoms with van der Waals surface area (Å²) in [5, 5.41) is 7.04. The molecule has 4 heteroatoms. The van der Waals surface area contributed by atoms with E-state index in [1.165, 1.54) is 0 Å². The van der Waals surface area contributed by atoms with Gasteiger partial charge < -0.3 is 5.32 Å². The van der Waals surface area contributed by atoms with Crippen LogP contribution in [-0.4, -0.2) is 18.7 Å². The van der Waals surface area contributed by atoms with Crippen LogP contribution in [0.4, 0.5) is 5.69 Å². The summed E-state index contributed by atoms with van der Waals surface area (Å²) >= 11 is 0. The van der Waals surface area contributed by atoms with Crippen LogP contribution in [0.3, 0.4) is 0 Å². The van der Waals surface area contributed by atoms with Crippen LogP contribution in [0.25, 0.3) is 0 Å². The number of nitrogens with zero attached hydrogens (tertiary/aromatic N) is 1. The largest absolute Gasteiger partial charge is 0.376 e. The van der Waals surface area contributed by atoms with E-state index in [2.05, 4.69) is 15.8 Å². The predicted molar refractivity (Wildman–Crippen MR) is 86.6 cm³/mol. The third-order valence-electron chi connectivity index (χ3n) is 3.03. The number of carbonyl (C=O) groups excluding carboxylic acids is 1. The molecule has 1 amide bonds. The third-order valence-corrected chi connectivity index (χ3v) is 3.03. The first kappa shape index (κ1) is 14.8. The standard InChI is InChI=1S/C17H19N3O/c1-13-6-5-8-15(10-13)11-19-20-17(21)12-18-16-9-4-3-7-14(16)2/h3-11,18H,12H2,1-2H3,(H,20,21)/b19-11+. The molecule has 0 aromatic heterocycles. The van der Waals surface area contributed by atoms with E-state index in [4.69, 9.17) is 0 Å². The van der Waals surface area contributed by atoms with Crippen LogP contribution in [-0.2, 0) is 4.79 Å². The minimum atomic E-state index is -0.179. The summed E-state index contributed by atoms with van der Waals surface area (Å²) in [6.45, 7) is 4.20. The van der Waals surface area contributed by atoms with E-state index in [0.717, 1.165) is 22.4 Å². The molecule has 0 aliphatic heterocycles. The van der Waals surface area contributed by atoms with Crippen LogP contribution in [0.2, 0.25) is 0 Å². The van der Waals surface area contributed by atoms with Crippen molar-refractivity contribution in [2.45, 2.75) is 13.8 Å². The van der Waals surface area contributed by atoms with Gasteiger partial charge in [0.2, 0.25) is 0 Å². The minimum absolute atomic E-state index is 0.179. The lowest BCUT2D eigenvalue weighted by Crippen LogP contribution is -2.26. The predicted octanol–water partition coefficient (Wildman–Crippen LogP) is 2.87. The van der Waals surface area contributed by atoms with E-state index in [9.17, 15) is 4.79 Å². The number of hydrazone groups is 1. The molecular formula is C17H19N3O. The topological polar surface area (TPSA) is 53.5 Å². The van der Waals surface area contributed by atoms with Gasteiger partial charge in [0.25, 0.3) is 5.91 Å². The Morgan fingerprint density at radius 1 is 1.14 bits per heavy atom. The van der Waals surface area contributed by atoms with Gasteiger partial charge in [-0.3, -0.25) is 4.79 Å². The average Bonchev–Trinajstić information content (AvgIpc) is 2.46. The van der Waals surface area contributed by atoms with Gasteiger partial charge in [-0.25, -0.2) is 5.43 Å². The summed E-state index contributed by atoms with van der Waals surface area (Å²) in [7, 11) is 0. The van der Waals surface area contributed by atoms with E-state index < -0.39 is 0 Å². The highest BCUT2D eigenvalue weighted by atomic mass is 16.2. The molecule has 2 N–H and O–H groups in total. The lowest BCUT2D eigenvalue weighted by Gasteiger charge is -2.07. The Kier molecular flexibility index (Phi) is 5.10. The van der Waals surface area contributed by atoms with E-state index >= 15 is 0 Å². The molecule has 108 valence electrons. The number of carbonyl (C=O) groups is 1. The summed E-state index contributed by atoms with van der Waals surface area (Å²) in [4.78, 5) is 11.7. The highest BCUT2D eigenvalue weighted by molar-refractivity contribution is 5.84. The smallest absolute Gasteiger partial charge is 0.259 e. The van der Waals surface area contributed by atoms with E-state index in [1.807, 2.05) is 62.4 Å². The Labute approximate surface area is 124 Å². The number of hydrogen-bond acceptors (Lipinski definition) is 3. The fraction of sp³-hybridized carbons (Fsp3) is 0.176. The number of nitrogens with one attached hydrogen (secondary N) is 2. The highest BCUT2D eigenvalue weighted by Gasteiger charge is 2.00. The molecule has 0 aliphatic carbocycles. The Balaban J connectivity index is 1.81. The average molecular weight is 281 g/mol. The molecule has 0 saturated heterocycles. The molecule has 0 heterocycles. The number of aryl methyl sites for hydroxylation is 2. The van der Waals surface area contributed by atoms with E-state index in [-0.39, 0.29) is 12.5 Å². The molecule has 4 nitrogen and oxygen atoms in total. The Morgan fingerprint density at radius 3 is 2.71 bits per heavy atom. The van der Waals surface area contributed by atoms with Crippen molar-refractivity contribution in [3.8, 4) is 0 Å². The fourth-order valence-electron chi connectivity index (χ4n) is 1.92. The molecule has 2 aromatic carbocycles. The number of hydrogen-bond donors (Lipinski definition) is 2. The Bertz CT molecular complexity index is 650.